The van der Waals surface area contributed by atoms with Crippen LogP contribution in [0.25, 0.3) is 0 Å². The van der Waals surface area contributed by atoms with E-state index >= 15 is 0 Å². The normalized spacial score (nSPS) is 10.8. The van der Waals surface area contributed by atoms with E-state index in [1.165, 1.54) is 0 Å². The number of carbonyl (C=O) groups is 1. The van der Waals surface area contributed by atoms with Crippen LogP contribution in [0.3, 0.4) is 0 Å². The lowest BCUT2D eigenvalue weighted by molar-refractivity contribution is 0.102. The van der Waals surface area contributed by atoms with Crippen LogP contribution >= 0.6 is 0 Å². The molecule has 0 bridgehead atoms. The van der Waals surface area contributed by atoms with Crippen molar-refractivity contribution in [2.45, 2.75) is 33.7 Å². The molecule has 0 radical (unpaired) electrons. The van der Waals surface area contributed by atoms with E-state index in [9.17, 15) is 4.79 Å². The second-order valence-corrected chi connectivity index (χ2v) is 5.16. The highest BCUT2D eigenvalue weighted by molar-refractivity contribution is 6.05. The van der Waals surface area contributed by atoms with E-state index in [4.69, 9.17) is 5.73 Å². The highest BCUT2D eigenvalue weighted by Gasteiger charge is 2.16. The van der Waals surface area contributed by atoms with Crippen LogP contribution in [0.5, 0.6) is 0 Å². The summed E-state index contributed by atoms with van der Waals surface area (Å²) in [6.45, 7) is 7.96. The van der Waals surface area contributed by atoms with Crippen LogP contribution in [0.15, 0.2) is 24.3 Å². The lowest BCUT2D eigenvalue weighted by atomic mass is 10.2. The Morgan fingerprint density at radius 1 is 1.35 bits per heavy atom. The summed E-state index contributed by atoms with van der Waals surface area (Å²) in [6.07, 6.45) is 0. The van der Waals surface area contributed by atoms with Crippen molar-refractivity contribution in [3.05, 3.63) is 41.2 Å². The number of carbonyl (C=O) groups excluding carboxylic acids is 1. The largest absolute Gasteiger partial charge is 0.399 e. The van der Waals surface area contributed by atoms with Crippen LogP contribution in [0.2, 0.25) is 0 Å². The fraction of sp³-hybridized carbons (Fsp3) is 0.333. The highest BCUT2D eigenvalue weighted by Crippen LogP contribution is 2.23. The molecule has 1 aromatic carbocycles. The van der Waals surface area contributed by atoms with Crippen molar-refractivity contribution in [2.24, 2.45) is 0 Å². The number of nitrogens with one attached hydrogen (secondary N) is 1. The van der Waals surface area contributed by atoms with Gasteiger partial charge in [0.05, 0.1) is 17.1 Å². The van der Waals surface area contributed by atoms with Gasteiger partial charge in [-0.15, -0.1) is 0 Å². The zero-order valence-corrected chi connectivity index (χ0v) is 12.3. The minimum Gasteiger partial charge on any atom is -0.399 e. The van der Waals surface area contributed by atoms with Gasteiger partial charge >= 0.3 is 0 Å². The molecule has 3 N–H and O–H groups in total. The summed E-state index contributed by atoms with van der Waals surface area (Å²) in [5, 5.41) is 7.37. The Kier molecular flexibility index (Phi) is 3.79. The van der Waals surface area contributed by atoms with Gasteiger partial charge in [-0.2, -0.15) is 5.10 Å². The summed E-state index contributed by atoms with van der Waals surface area (Å²) in [7, 11) is 0. The monoisotopic (exact) mass is 272 g/mol. The molecule has 5 heteroatoms. The number of hydrogen-bond acceptors (Lipinski definition) is 3. The van der Waals surface area contributed by atoms with Crippen LogP contribution in [0.4, 0.5) is 11.4 Å². The van der Waals surface area contributed by atoms with Crippen molar-refractivity contribution in [3.63, 3.8) is 0 Å². The SMILES string of the molecule is Cc1nn(C(C)C)c(C)c1NC(=O)c1cccc(N)c1. The van der Waals surface area contributed by atoms with Crippen molar-refractivity contribution < 1.29 is 4.79 Å². The fourth-order valence-electron chi connectivity index (χ4n) is 2.21. The predicted octanol–water partition coefficient (Wildman–Crippen LogP) is 2.92. The van der Waals surface area contributed by atoms with E-state index in [-0.39, 0.29) is 11.9 Å². The average Bonchev–Trinajstić information content (AvgIpc) is 2.67. The maximum Gasteiger partial charge on any atom is 0.255 e. The molecule has 5 nitrogen and oxygen atoms in total. The number of benzene rings is 1. The van der Waals surface area contributed by atoms with Gasteiger partial charge in [-0.1, -0.05) is 6.07 Å². The first kappa shape index (κ1) is 14.1. The zero-order chi connectivity index (χ0) is 14.9. The molecule has 0 spiro atoms. The number of amides is 1. The van der Waals surface area contributed by atoms with Gasteiger partial charge in [0.1, 0.15) is 0 Å². The van der Waals surface area contributed by atoms with E-state index < -0.39 is 0 Å². The molecule has 0 aliphatic heterocycles. The van der Waals surface area contributed by atoms with Crippen LogP contribution in [0, 0.1) is 13.8 Å². The molecule has 0 saturated heterocycles. The number of nitrogens with zero attached hydrogens (tertiary/aromatic N) is 2. The van der Waals surface area contributed by atoms with Gasteiger partial charge in [-0.25, -0.2) is 0 Å². The summed E-state index contributed by atoms with van der Waals surface area (Å²) in [5.74, 6) is -0.174. The number of nitrogen functional groups attached to an aromatic ring is 1. The van der Waals surface area contributed by atoms with Crippen molar-refractivity contribution in [1.82, 2.24) is 9.78 Å². The summed E-state index contributed by atoms with van der Waals surface area (Å²) in [4.78, 5) is 12.2. The first-order valence-corrected chi connectivity index (χ1v) is 6.62. The lowest BCUT2D eigenvalue weighted by Gasteiger charge is -2.09. The smallest absolute Gasteiger partial charge is 0.255 e. The lowest BCUT2D eigenvalue weighted by Crippen LogP contribution is -2.13. The van der Waals surface area contributed by atoms with Crippen LogP contribution in [-0.2, 0) is 0 Å². The standard InChI is InChI=1S/C15H20N4O/c1-9(2)19-11(4)14(10(3)18-19)17-15(20)12-6-5-7-13(16)8-12/h5-9H,16H2,1-4H3,(H,17,20). The number of rotatable bonds is 3. The topological polar surface area (TPSA) is 72.9 Å². The Hall–Kier alpha value is -2.30. The fourth-order valence-corrected chi connectivity index (χ4v) is 2.21. The quantitative estimate of drug-likeness (QED) is 0.844. The van der Waals surface area contributed by atoms with Gasteiger partial charge < -0.3 is 11.1 Å². The molecule has 0 fully saturated rings. The molecule has 2 aromatic rings. The van der Waals surface area contributed by atoms with Gasteiger partial charge in [0.2, 0.25) is 0 Å². The number of aryl methyl sites for hydroxylation is 1. The molecular weight excluding hydrogens is 252 g/mol. The van der Waals surface area contributed by atoms with Crippen LogP contribution < -0.4 is 11.1 Å². The minimum absolute atomic E-state index is 0.174. The molecule has 1 aromatic heterocycles. The first-order chi connectivity index (χ1) is 9.40. The molecule has 0 saturated carbocycles. The Labute approximate surface area is 118 Å². The van der Waals surface area contributed by atoms with E-state index in [0.717, 1.165) is 17.1 Å². The van der Waals surface area contributed by atoms with Crippen LogP contribution in [0.1, 0.15) is 41.6 Å². The van der Waals surface area contributed by atoms with Crippen LogP contribution in [-0.4, -0.2) is 15.7 Å². The molecule has 106 valence electrons. The van der Waals surface area contributed by atoms with Gasteiger partial charge in [0.15, 0.2) is 0 Å². The van der Waals surface area contributed by atoms with Crippen molar-refractivity contribution >= 4 is 17.3 Å². The van der Waals surface area contributed by atoms with E-state index in [2.05, 4.69) is 24.3 Å². The third-order valence-electron chi connectivity index (χ3n) is 3.20. The number of anilines is 2. The van der Waals surface area contributed by atoms with Gasteiger partial charge in [0.25, 0.3) is 5.91 Å². The van der Waals surface area contributed by atoms with Crippen molar-refractivity contribution in [2.75, 3.05) is 11.1 Å². The molecule has 1 heterocycles. The molecular formula is C15H20N4O. The molecule has 20 heavy (non-hydrogen) atoms. The maximum absolute atomic E-state index is 12.2. The third kappa shape index (κ3) is 2.66. The summed E-state index contributed by atoms with van der Waals surface area (Å²) in [5.41, 5.74) is 9.35. The zero-order valence-electron chi connectivity index (χ0n) is 12.3. The molecule has 0 atom stereocenters. The average molecular weight is 272 g/mol. The van der Waals surface area contributed by atoms with E-state index in [1.54, 1.807) is 24.3 Å². The molecule has 0 aliphatic carbocycles. The number of hydrogen-bond donors (Lipinski definition) is 2. The molecule has 2 rings (SSSR count). The second-order valence-electron chi connectivity index (χ2n) is 5.16. The molecule has 1 amide bonds. The second kappa shape index (κ2) is 5.36. The Morgan fingerprint density at radius 3 is 2.60 bits per heavy atom. The number of nitrogens with two attached hydrogens (primary N) is 1. The number of aromatic nitrogens is 2. The minimum atomic E-state index is -0.174. The van der Waals surface area contributed by atoms with Crippen molar-refractivity contribution in [3.8, 4) is 0 Å². The Morgan fingerprint density at radius 2 is 2.05 bits per heavy atom. The highest BCUT2D eigenvalue weighted by atomic mass is 16.1. The molecule has 0 unspecified atom stereocenters. The Balaban J connectivity index is 2.29. The predicted molar refractivity (Wildman–Crippen MR) is 80.9 cm³/mol. The van der Waals surface area contributed by atoms with E-state index in [0.29, 0.717) is 11.3 Å². The molecule has 0 aliphatic rings. The van der Waals surface area contributed by atoms with Gasteiger partial charge in [0, 0.05) is 17.3 Å². The summed E-state index contributed by atoms with van der Waals surface area (Å²) in [6, 6.07) is 7.17. The third-order valence-corrected chi connectivity index (χ3v) is 3.20. The van der Waals surface area contributed by atoms with Crippen molar-refractivity contribution in [1.29, 1.82) is 0 Å². The summed E-state index contributed by atoms with van der Waals surface area (Å²) < 4.78 is 1.91. The summed E-state index contributed by atoms with van der Waals surface area (Å²) >= 11 is 0. The van der Waals surface area contributed by atoms with E-state index in [1.807, 2.05) is 18.5 Å². The van der Waals surface area contributed by atoms with Gasteiger partial charge in [-0.3, -0.25) is 9.48 Å². The maximum atomic E-state index is 12.2. The first-order valence-electron chi connectivity index (χ1n) is 6.62. The van der Waals surface area contributed by atoms with Gasteiger partial charge in [-0.05, 0) is 45.9 Å². The Bertz CT molecular complexity index is 643.